The van der Waals surface area contributed by atoms with Crippen molar-refractivity contribution >= 4 is 44.3 Å². The Morgan fingerprint density at radius 1 is 0.549 bits per heavy atom. The van der Waals surface area contributed by atoms with Gasteiger partial charge in [-0.25, -0.2) is 0 Å². The Bertz CT molecular complexity index is 3860. The quantitative estimate of drug-likeness (QED) is 0.131. The smallest absolute Gasteiger partial charge is 0.0722 e. The van der Waals surface area contributed by atoms with Crippen LogP contribution in [0.1, 0.15) is 54.0 Å². The highest BCUT2D eigenvalue weighted by Gasteiger charge is 2.52. The summed E-state index contributed by atoms with van der Waals surface area (Å²) in [6.07, 6.45) is 17.5. The van der Waals surface area contributed by atoms with Crippen molar-refractivity contribution in [3.05, 3.63) is 282 Å². The van der Waals surface area contributed by atoms with E-state index in [1.54, 1.807) is 0 Å². The van der Waals surface area contributed by atoms with Gasteiger partial charge in [-0.05, 0) is 141 Å². The van der Waals surface area contributed by atoms with Gasteiger partial charge in [-0.3, -0.25) is 0 Å². The number of allylic oxidation sites excluding steroid dienone is 8. The Kier molecular flexibility index (Phi) is 10.3. The lowest BCUT2D eigenvalue weighted by atomic mass is 9.69. The van der Waals surface area contributed by atoms with E-state index in [2.05, 4.69) is 265 Å². The van der Waals surface area contributed by atoms with Crippen molar-refractivity contribution < 1.29 is 0 Å². The first-order chi connectivity index (χ1) is 35.1. The van der Waals surface area contributed by atoms with Gasteiger partial charge in [-0.1, -0.05) is 194 Å². The van der Waals surface area contributed by atoms with Gasteiger partial charge in [-0.2, -0.15) is 0 Å². The van der Waals surface area contributed by atoms with Gasteiger partial charge in [0, 0.05) is 39.8 Å². The highest BCUT2D eigenvalue weighted by atomic mass is 15.2. The molecule has 3 aliphatic carbocycles. The molecule has 0 radical (unpaired) electrons. The van der Waals surface area contributed by atoms with Crippen molar-refractivity contribution in [2.24, 2.45) is 0 Å². The number of hydrogen-bond donors (Lipinski definition) is 0. The van der Waals surface area contributed by atoms with Crippen LogP contribution in [0.25, 0.3) is 72.0 Å². The second-order valence-electron chi connectivity index (χ2n) is 19.0. The molecule has 2 heteroatoms. The number of para-hydroxylation sites is 1. The van der Waals surface area contributed by atoms with Crippen LogP contribution in [0.3, 0.4) is 0 Å². The van der Waals surface area contributed by atoms with E-state index in [0.29, 0.717) is 6.42 Å². The van der Waals surface area contributed by atoms with Gasteiger partial charge >= 0.3 is 0 Å². The molecule has 0 bridgehead atoms. The molecule has 10 aromatic rings. The Balaban J connectivity index is 0.987. The monoisotopic (exact) mass is 906 g/mol. The lowest BCUT2D eigenvalue weighted by Gasteiger charge is -2.34. The van der Waals surface area contributed by atoms with Gasteiger partial charge < -0.3 is 9.47 Å². The standard InChI is InChI=1S/C69H50N2/c1-3-4-7-31-60-47(2)67-63(69(60)61-32-15-12-27-57(61)58-28-13-16-33-62(58)69)34-20-37-65(67)70(53-42-38-50(39-43-53)48-21-8-5-9-22-48)54-44-40-51(41-45-54)56-30-19-36-66-68(56)59-29-14-17-35-64(59)71(66)55-26-18-25-52(46-55)49-23-10-6-11-24-49/h1,5-38,40-42,44-46H,4,39,43H2,2H3/b31-7-. The van der Waals surface area contributed by atoms with Crippen LogP contribution in [-0.2, 0) is 5.41 Å². The van der Waals surface area contributed by atoms with Gasteiger partial charge in [0.1, 0.15) is 0 Å². The minimum Gasteiger partial charge on any atom is -0.314 e. The average Bonchev–Trinajstić information content (AvgIpc) is 4.04. The van der Waals surface area contributed by atoms with E-state index in [1.165, 1.54) is 111 Å². The zero-order chi connectivity index (χ0) is 47.5. The third-order valence-corrected chi connectivity index (χ3v) is 15.2. The molecule has 0 saturated heterocycles. The molecular formula is C69H50N2. The first kappa shape index (κ1) is 42.2. The van der Waals surface area contributed by atoms with Crippen molar-refractivity contribution in [3.63, 3.8) is 0 Å². The highest BCUT2D eigenvalue weighted by molar-refractivity contribution is 6.16. The van der Waals surface area contributed by atoms with E-state index in [0.717, 1.165) is 24.2 Å². The number of anilines is 2. The molecule has 0 atom stereocenters. The summed E-state index contributed by atoms with van der Waals surface area (Å²) >= 11 is 0. The Labute approximate surface area is 416 Å². The van der Waals surface area contributed by atoms with Crippen LogP contribution < -0.4 is 4.90 Å². The molecule has 1 spiro atoms. The summed E-state index contributed by atoms with van der Waals surface area (Å²) in [6, 6.07) is 80.4. The van der Waals surface area contributed by atoms with Crippen LogP contribution in [0.2, 0.25) is 0 Å². The number of aromatic nitrogens is 1. The van der Waals surface area contributed by atoms with Gasteiger partial charge in [0.05, 0.1) is 22.1 Å². The molecule has 0 N–H and O–H groups in total. The molecule has 0 amide bonds. The van der Waals surface area contributed by atoms with Crippen molar-refractivity contribution in [2.75, 3.05) is 4.90 Å². The average molecular weight is 907 g/mol. The summed E-state index contributed by atoms with van der Waals surface area (Å²) in [7, 11) is 0. The molecule has 1 aromatic heterocycles. The van der Waals surface area contributed by atoms with Gasteiger partial charge in [0.15, 0.2) is 0 Å². The van der Waals surface area contributed by atoms with Crippen LogP contribution in [0.5, 0.6) is 0 Å². The third kappa shape index (κ3) is 6.65. The first-order valence-corrected chi connectivity index (χ1v) is 24.8. The molecule has 0 fully saturated rings. The van der Waals surface area contributed by atoms with E-state index in [-0.39, 0.29) is 0 Å². The van der Waals surface area contributed by atoms with Crippen molar-refractivity contribution in [1.29, 1.82) is 0 Å². The predicted octanol–water partition coefficient (Wildman–Crippen LogP) is 17.7. The van der Waals surface area contributed by atoms with Crippen molar-refractivity contribution in [1.82, 2.24) is 4.57 Å². The molecule has 1 heterocycles. The number of rotatable bonds is 9. The van der Waals surface area contributed by atoms with Gasteiger partial charge in [0.25, 0.3) is 0 Å². The predicted molar refractivity (Wildman–Crippen MR) is 299 cm³/mol. The second-order valence-corrected chi connectivity index (χ2v) is 19.0. The zero-order valence-electron chi connectivity index (χ0n) is 39.7. The molecule has 336 valence electrons. The fourth-order valence-corrected chi connectivity index (χ4v) is 12.3. The molecule has 2 nitrogen and oxygen atoms in total. The maximum absolute atomic E-state index is 5.90. The summed E-state index contributed by atoms with van der Waals surface area (Å²) in [5.41, 5.74) is 24.4. The lowest BCUT2D eigenvalue weighted by molar-refractivity contribution is 0.785. The number of terminal acetylenes is 1. The van der Waals surface area contributed by atoms with Gasteiger partial charge in [-0.15, -0.1) is 12.3 Å². The number of hydrogen-bond acceptors (Lipinski definition) is 1. The minimum atomic E-state index is -0.495. The molecular weight excluding hydrogens is 857 g/mol. The zero-order valence-corrected chi connectivity index (χ0v) is 39.7. The highest BCUT2D eigenvalue weighted by Crippen LogP contribution is 2.63. The molecule has 13 rings (SSSR count). The topological polar surface area (TPSA) is 8.17 Å². The molecule has 71 heavy (non-hydrogen) atoms. The molecule has 0 unspecified atom stereocenters. The summed E-state index contributed by atoms with van der Waals surface area (Å²) in [5.74, 6) is 2.87. The van der Waals surface area contributed by atoms with E-state index in [4.69, 9.17) is 6.42 Å². The largest absolute Gasteiger partial charge is 0.314 e. The third-order valence-electron chi connectivity index (χ3n) is 15.2. The summed E-state index contributed by atoms with van der Waals surface area (Å²) in [4.78, 5) is 2.55. The van der Waals surface area contributed by atoms with Crippen LogP contribution in [-0.4, -0.2) is 4.57 Å². The van der Waals surface area contributed by atoms with E-state index in [9.17, 15) is 0 Å². The molecule has 9 aromatic carbocycles. The van der Waals surface area contributed by atoms with E-state index < -0.39 is 5.41 Å². The summed E-state index contributed by atoms with van der Waals surface area (Å²) < 4.78 is 2.43. The van der Waals surface area contributed by atoms with Crippen LogP contribution in [0.4, 0.5) is 11.4 Å². The van der Waals surface area contributed by atoms with E-state index >= 15 is 0 Å². The molecule has 3 aliphatic rings. The van der Waals surface area contributed by atoms with Crippen LogP contribution in [0, 0.1) is 12.3 Å². The first-order valence-electron chi connectivity index (χ1n) is 24.8. The van der Waals surface area contributed by atoms with Gasteiger partial charge in [0.2, 0.25) is 0 Å². The lowest BCUT2D eigenvalue weighted by Crippen LogP contribution is -2.27. The second kappa shape index (κ2) is 17.3. The maximum atomic E-state index is 5.90. The normalized spacial score (nSPS) is 14.4. The number of fused-ring (bicyclic) bond motifs is 10. The number of nitrogens with zero attached hydrogens (tertiary/aromatic N) is 2. The summed E-state index contributed by atoms with van der Waals surface area (Å²) in [6.45, 7) is 2.33. The Morgan fingerprint density at radius 2 is 1.17 bits per heavy atom. The van der Waals surface area contributed by atoms with Crippen molar-refractivity contribution in [3.8, 4) is 51.4 Å². The SMILES string of the molecule is C#CC/C=C\C1=C(C)c2c(N(C3=CC=C(c4ccccc4)CC3)c3ccc(-c4cccc5c4c4ccccc4n5-c4cccc(-c5ccccc5)c4)cc3)cccc2C12c1ccccc1-c1ccccc12. The van der Waals surface area contributed by atoms with Crippen LogP contribution >= 0.6 is 0 Å². The minimum absolute atomic E-state index is 0.495. The Hall–Kier alpha value is -8.90. The number of benzene rings is 9. The molecule has 0 aliphatic heterocycles. The maximum Gasteiger partial charge on any atom is 0.0722 e. The fraction of sp³-hybridized carbons (Fsp3) is 0.0725. The van der Waals surface area contributed by atoms with Crippen LogP contribution in [0.15, 0.2) is 254 Å². The fourth-order valence-electron chi connectivity index (χ4n) is 12.3. The van der Waals surface area contributed by atoms with E-state index in [1.807, 2.05) is 0 Å². The molecule has 0 saturated carbocycles. The van der Waals surface area contributed by atoms with Crippen molar-refractivity contribution in [2.45, 2.75) is 31.6 Å². The Morgan fingerprint density at radius 3 is 1.90 bits per heavy atom. The summed E-state index contributed by atoms with van der Waals surface area (Å²) in [5, 5.41) is 2.49.